The predicted molar refractivity (Wildman–Crippen MR) is 121 cm³/mol. The average Bonchev–Trinajstić information content (AvgIpc) is 3.42. The lowest BCUT2D eigenvalue weighted by atomic mass is 9.92. The zero-order chi connectivity index (χ0) is 20.8. The zero-order valence-corrected chi connectivity index (χ0v) is 16.9. The first kappa shape index (κ1) is 17.9. The average molecular weight is 416 g/mol. The molecule has 2 aromatic heterocycles. The van der Waals surface area contributed by atoms with Gasteiger partial charge >= 0.3 is 0 Å². The summed E-state index contributed by atoms with van der Waals surface area (Å²) in [4.78, 5) is 0. The monoisotopic (exact) mass is 416 g/mol. The Morgan fingerprint density at radius 3 is 1.30 bits per heavy atom. The highest BCUT2D eigenvalue weighted by molar-refractivity contribution is 7.17. The van der Waals surface area contributed by atoms with Crippen molar-refractivity contribution in [2.75, 3.05) is 0 Å². The van der Waals surface area contributed by atoms with Crippen molar-refractivity contribution in [1.82, 2.24) is 0 Å². The molecule has 0 N–H and O–H groups in total. The number of rotatable bonds is 0. The summed E-state index contributed by atoms with van der Waals surface area (Å²) in [5.41, 5.74) is 0.0232. The molecule has 0 spiro atoms. The molecule has 4 nitrogen and oxygen atoms in total. The second-order valence-electron chi connectivity index (χ2n) is 6.66. The largest absolute Gasteiger partial charge is 0.192 e. The summed E-state index contributed by atoms with van der Waals surface area (Å²) >= 11 is 3.13. The van der Waals surface area contributed by atoms with Gasteiger partial charge < -0.3 is 0 Å². The van der Waals surface area contributed by atoms with E-state index < -0.39 is 0 Å². The summed E-state index contributed by atoms with van der Waals surface area (Å²) < 4.78 is 2.02. The molecule has 2 heterocycles. The van der Waals surface area contributed by atoms with E-state index >= 15 is 0 Å². The van der Waals surface area contributed by atoms with Gasteiger partial charge in [-0.2, -0.15) is 21.0 Å². The minimum Gasteiger partial charge on any atom is -0.192 e. The van der Waals surface area contributed by atoms with Crippen LogP contribution in [-0.4, -0.2) is 0 Å². The fourth-order valence-electron chi connectivity index (χ4n) is 3.95. The summed E-state index contributed by atoms with van der Waals surface area (Å²) in [5, 5.41) is 48.6. The van der Waals surface area contributed by atoms with Gasteiger partial charge in [0.05, 0.1) is 0 Å². The van der Waals surface area contributed by atoms with Crippen molar-refractivity contribution in [3.05, 3.63) is 57.6 Å². The van der Waals surface area contributed by atoms with Crippen molar-refractivity contribution < 1.29 is 0 Å². The Balaban J connectivity index is 2.32. The van der Waals surface area contributed by atoms with E-state index in [1.807, 2.05) is 71.4 Å². The van der Waals surface area contributed by atoms with Crippen LogP contribution in [0.25, 0.3) is 52.9 Å². The van der Waals surface area contributed by atoms with Crippen molar-refractivity contribution in [3.63, 3.8) is 0 Å². The van der Waals surface area contributed by atoms with Crippen molar-refractivity contribution in [1.29, 1.82) is 21.0 Å². The number of hydrogen-bond acceptors (Lipinski definition) is 6. The van der Waals surface area contributed by atoms with Crippen LogP contribution in [0.1, 0.15) is 0 Å². The quantitative estimate of drug-likeness (QED) is 0.338. The fraction of sp³-hybridized carbons (Fsp3) is 0. The summed E-state index contributed by atoms with van der Waals surface area (Å²) in [6.07, 6.45) is 0. The van der Waals surface area contributed by atoms with Gasteiger partial charge in [-0.25, -0.2) is 0 Å². The Morgan fingerprint density at radius 1 is 0.567 bits per heavy atom. The van der Waals surface area contributed by atoms with Crippen LogP contribution in [0.2, 0.25) is 0 Å². The zero-order valence-electron chi connectivity index (χ0n) is 15.2. The van der Waals surface area contributed by atoms with E-state index in [9.17, 15) is 21.0 Å². The van der Waals surface area contributed by atoms with Gasteiger partial charge in [-0.15, -0.1) is 22.7 Å². The predicted octanol–water partition coefficient (Wildman–Crippen LogP) is 4.82. The van der Waals surface area contributed by atoms with Crippen LogP contribution in [0.5, 0.6) is 0 Å². The molecule has 0 unspecified atom stereocenters. The van der Waals surface area contributed by atoms with Gasteiger partial charge in [-0.05, 0) is 79.5 Å². The molecule has 0 amide bonds. The number of thiophene rings is 2. The second kappa shape index (κ2) is 6.70. The second-order valence-corrected chi connectivity index (χ2v) is 8.56. The Bertz CT molecular complexity index is 1580. The smallest absolute Gasteiger partial charge is 0.138 e. The number of nitriles is 4. The van der Waals surface area contributed by atoms with Gasteiger partial charge in [0.2, 0.25) is 0 Å². The Hall–Kier alpha value is -4.20. The van der Waals surface area contributed by atoms with E-state index in [0.717, 1.165) is 20.2 Å². The molecule has 0 atom stereocenters. The van der Waals surface area contributed by atoms with Crippen LogP contribution in [0, 0.1) is 45.3 Å². The lowest BCUT2D eigenvalue weighted by molar-refractivity contribution is 1.50. The van der Waals surface area contributed by atoms with Gasteiger partial charge in [-0.1, -0.05) is 0 Å². The summed E-state index contributed by atoms with van der Waals surface area (Å²) in [6.45, 7) is 0. The SMILES string of the molecule is N#CC(C#N)=c1c2cc3ccsc3cc2c(=C(C#N)C#N)c2cc3ccsc3cc12. The van der Waals surface area contributed by atoms with E-state index in [2.05, 4.69) is 0 Å². The minimum absolute atomic E-state index is 0.0116. The molecule has 0 bridgehead atoms. The van der Waals surface area contributed by atoms with Gasteiger partial charge in [0.25, 0.3) is 0 Å². The van der Waals surface area contributed by atoms with E-state index in [4.69, 9.17) is 0 Å². The Morgan fingerprint density at radius 2 is 0.933 bits per heavy atom. The highest BCUT2D eigenvalue weighted by Crippen LogP contribution is 2.29. The van der Waals surface area contributed by atoms with E-state index in [-0.39, 0.29) is 11.1 Å². The molecule has 30 heavy (non-hydrogen) atoms. The maximum Gasteiger partial charge on any atom is 0.138 e. The third-order valence-corrected chi connectivity index (χ3v) is 6.97. The molecule has 3 aromatic carbocycles. The maximum absolute atomic E-state index is 9.70. The lowest BCUT2D eigenvalue weighted by Gasteiger charge is -2.09. The van der Waals surface area contributed by atoms with Crippen LogP contribution in [0.15, 0.2) is 47.2 Å². The van der Waals surface area contributed by atoms with Crippen LogP contribution in [0.3, 0.4) is 0 Å². The van der Waals surface area contributed by atoms with E-state index in [0.29, 0.717) is 32.0 Å². The van der Waals surface area contributed by atoms with Crippen molar-refractivity contribution in [3.8, 4) is 24.3 Å². The standard InChI is InChI=1S/C24H8N4S2/c25-9-15(10-26)23-17-5-13-1-3-29-21(13)7-19(17)24(16(11-27)12-28)18-6-14-2-4-30-22(14)8-20(18)23/h1-8H. The first-order valence-corrected chi connectivity index (χ1v) is 10.6. The summed E-state index contributed by atoms with van der Waals surface area (Å²) in [6, 6.07) is 19.9. The molecule has 5 aromatic rings. The maximum atomic E-state index is 9.70. The molecule has 0 aliphatic rings. The Labute approximate surface area is 178 Å². The number of hydrogen-bond donors (Lipinski definition) is 0. The molecule has 0 aliphatic carbocycles. The first-order valence-electron chi connectivity index (χ1n) is 8.83. The number of benzene rings is 3. The molecule has 5 rings (SSSR count). The normalized spacial score (nSPS) is 10.5. The third-order valence-electron chi connectivity index (χ3n) is 5.21. The fourth-order valence-corrected chi connectivity index (χ4v) is 5.57. The highest BCUT2D eigenvalue weighted by Gasteiger charge is 2.15. The minimum atomic E-state index is 0.0116. The molecule has 136 valence electrons. The molecule has 0 fully saturated rings. The van der Waals surface area contributed by atoms with Crippen molar-refractivity contribution in [2.45, 2.75) is 0 Å². The van der Waals surface area contributed by atoms with Crippen LogP contribution in [-0.2, 0) is 0 Å². The molecule has 0 radical (unpaired) electrons. The summed E-state index contributed by atoms with van der Waals surface area (Å²) in [5.74, 6) is 0. The van der Waals surface area contributed by atoms with Crippen LogP contribution in [0.4, 0.5) is 0 Å². The van der Waals surface area contributed by atoms with Crippen molar-refractivity contribution >= 4 is 75.5 Å². The van der Waals surface area contributed by atoms with Gasteiger partial charge in [0.15, 0.2) is 0 Å². The van der Waals surface area contributed by atoms with Gasteiger partial charge in [-0.3, -0.25) is 0 Å². The number of nitrogens with zero attached hydrogens (tertiary/aromatic N) is 4. The highest BCUT2D eigenvalue weighted by atomic mass is 32.1. The molecule has 0 saturated carbocycles. The van der Waals surface area contributed by atoms with E-state index in [1.165, 1.54) is 0 Å². The molecular weight excluding hydrogens is 408 g/mol. The molecule has 0 saturated heterocycles. The van der Waals surface area contributed by atoms with Crippen LogP contribution < -0.4 is 10.4 Å². The summed E-state index contributed by atoms with van der Waals surface area (Å²) in [7, 11) is 0. The van der Waals surface area contributed by atoms with E-state index in [1.54, 1.807) is 22.7 Å². The van der Waals surface area contributed by atoms with Gasteiger partial charge in [0.1, 0.15) is 35.4 Å². The van der Waals surface area contributed by atoms with Gasteiger partial charge in [0, 0.05) is 19.8 Å². The molecular formula is C24H8N4S2. The van der Waals surface area contributed by atoms with Crippen LogP contribution >= 0.6 is 22.7 Å². The molecule has 6 heteroatoms. The Kier molecular flexibility index (Phi) is 3.99. The molecule has 0 aliphatic heterocycles. The number of fused-ring (bicyclic) bond motifs is 4. The topological polar surface area (TPSA) is 95.2 Å². The lowest BCUT2D eigenvalue weighted by Crippen LogP contribution is -2.18. The third kappa shape index (κ3) is 2.40. The first-order chi connectivity index (χ1) is 14.7. The van der Waals surface area contributed by atoms with Crippen molar-refractivity contribution in [2.24, 2.45) is 0 Å².